The number of carbonyl (C=O) groups is 2. The first-order valence-electron chi connectivity index (χ1n) is 24.0. The van der Waals surface area contributed by atoms with E-state index in [-0.39, 0.29) is 45.5 Å². The van der Waals surface area contributed by atoms with Gasteiger partial charge in [-0.15, -0.1) is 0 Å². The molecule has 3 aliphatic heterocycles. The number of allylic oxidation sites excluding steroid dienone is 3. The van der Waals surface area contributed by atoms with Crippen LogP contribution in [-0.4, -0.2) is 179 Å². The highest BCUT2D eigenvalue weighted by atomic mass is 16.8. The maximum absolute atomic E-state index is 12.5. The van der Waals surface area contributed by atoms with Gasteiger partial charge < -0.3 is 84.6 Å². The predicted molar refractivity (Wildman–Crippen MR) is 231 cm³/mol. The molecule has 6 fully saturated rings. The lowest BCUT2D eigenvalue weighted by Gasteiger charge is -2.70. The van der Waals surface area contributed by atoms with E-state index in [1.807, 2.05) is 6.92 Å². The zero-order valence-corrected chi connectivity index (χ0v) is 39.7. The maximum atomic E-state index is 12.5. The average Bonchev–Trinajstić information content (AvgIpc) is 3.25. The Balaban J connectivity index is 1.10. The molecule has 5 aliphatic carbocycles. The molecule has 380 valence electrons. The van der Waals surface area contributed by atoms with Gasteiger partial charge in [-0.05, 0) is 97.4 Å². The lowest BCUT2D eigenvalue weighted by Crippen LogP contribution is -2.68. The molecule has 0 spiro atoms. The standard InChI is InChI=1S/C48H74O19/c1-20-27(51)28(52)33(57)40(62-20)66-37-32(56)30(54)35(39(60)61)65-42(37)67-36-31(55)29(53)34(38(58)59)64-41(36)63-26-12-13-45(5)23(46(26,6)19-49)11-14-48(8)24(45)10-9-21-22-17-43(2,3)18-25(50)44(22,4)15-16-47(21,48)7/h9-10,20,23-37,40-42,49-57H,11-19H2,1-8H3,(H,58,59)(H,60,61)/t20-,23-,24+,25+,26-,27+,28-,29-,30-,31+,32+,33+,34-,35+,36+,37-,40-,41+,42-,44+,45-,46-,47+,48+/m0/s1. The summed E-state index contributed by atoms with van der Waals surface area (Å²) in [5, 5.41) is 119. The second kappa shape index (κ2) is 17.5. The normalized spacial score (nSPS) is 54.0. The number of aliphatic hydroxyl groups is 9. The fraction of sp³-hybridized carbons (Fsp3) is 0.875. The van der Waals surface area contributed by atoms with Crippen LogP contribution < -0.4 is 0 Å². The molecule has 0 amide bonds. The zero-order valence-electron chi connectivity index (χ0n) is 39.7. The van der Waals surface area contributed by atoms with Crippen LogP contribution in [0, 0.1) is 44.3 Å². The Hall–Kier alpha value is -2.18. The van der Waals surface area contributed by atoms with Gasteiger partial charge in [0.05, 0.1) is 24.9 Å². The summed E-state index contributed by atoms with van der Waals surface area (Å²) in [5.74, 6) is -3.47. The van der Waals surface area contributed by atoms with Crippen LogP contribution in [0.25, 0.3) is 0 Å². The predicted octanol–water partition coefficient (Wildman–Crippen LogP) is 0.717. The van der Waals surface area contributed by atoms with Crippen molar-refractivity contribution in [2.45, 2.75) is 211 Å². The molecule has 3 saturated heterocycles. The minimum Gasteiger partial charge on any atom is -0.479 e. The Morgan fingerprint density at radius 1 is 0.672 bits per heavy atom. The molecule has 0 aromatic carbocycles. The molecule has 19 heteroatoms. The maximum Gasteiger partial charge on any atom is 0.335 e. The highest BCUT2D eigenvalue weighted by Crippen LogP contribution is 2.74. The Bertz CT molecular complexity index is 1960. The third kappa shape index (κ3) is 7.89. The van der Waals surface area contributed by atoms with Crippen molar-refractivity contribution in [3.8, 4) is 0 Å². The monoisotopic (exact) mass is 954 g/mol. The van der Waals surface area contributed by atoms with E-state index in [2.05, 4.69) is 53.7 Å². The quantitative estimate of drug-likeness (QED) is 0.142. The summed E-state index contributed by atoms with van der Waals surface area (Å²) in [6.07, 6.45) is -19.5. The topological polar surface area (TPSA) is 312 Å². The van der Waals surface area contributed by atoms with Crippen molar-refractivity contribution < 1.29 is 94.2 Å². The molecule has 19 nitrogen and oxygen atoms in total. The molecule has 0 aromatic rings. The summed E-state index contributed by atoms with van der Waals surface area (Å²) >= 11 is 0. The summed E-state index contributed by atoms with van der Waals surface area (Å²) in [6, 6.07) is 0. The Labute approximate surface area is 390 Å². The Morgan fingerprint density at radius 3 is 1.81 bits per heavy atom. The number of aliphatic carboxylic acids is 2. The van der Waals surface area contributed by atoms with E-state index in [9.17, 15) is 65.8 Å². The summed E-state index contributed by atoms with van der Waals surface area (Å²) in [4.78, 5) is 24.7. The van der Waals surface area contributed by atoms with Crippen LogP contribution in [0.1, 0.15) is 107 Å². The van der Waals surface area contributed by atoms with Gasteiger partial charge in [-0.3, -0.25) is 0 Å². The highest BCUT2D eigenvalue weighted by molar-refractivity contribution is 5.74. The smallest absolute Gasteiger partial charge is 0.335 e. The molecular weight excluding hydrogens is 881 g/mol. The second-order valence-corrected chi connectivity index (χ2v) is 23.3. The molecule has 8 aliphatic rings. The van der Waals surface area contributed by atoms with E-state index < -0.39 is 122 Å². The van der Waals surface area contributed by atoms with Crippen LogP contribution in [0.15, 0.2) is 23.3 Å². The van der Waals surface area contributed by atoms with Crippen molar-refractivity contribution in [1.29, 1.82) is 0 Å². The van der Waals surface area contributed by atoms with E-state index >= 15 is 0 Å². The summed E-state index contributed by atoms with van der Waals surface area (Å²) in [7, 11) is 0. The minimum atomic E-state index is -2.16. The van der Waals surface area contributed by atoms with Gasteiger partial charge in [0.25, 0.3) is 0 Å². The molecule has 67 heavy (non-hydrogen) atoms. The molecule has 0 bridgehead atoms. The van der Waals surface area contributed by atoms with E-state index in [1.165, 1.54) is 18.1 Å². The van der Waals surface area contributed by atoms with Gasteiger partial charge in [-0.25, -0.2) is 9.59 Å². The van der Waals surface area contributed by atoms with Gasteiger partial charge >= 0.3 is 11.9 Å². The fourth-order valence-electron chi connectivity index (χ4n) is 14.4. The average molecular weight is 955 g/mol. The van der Waals surface area contributed by atoms with Crippen LogP contribution in [0.2, 0.25) is 0 Å². The van der Waals surface area contributed by atoms with E-state index in [1.54, 1.807) is 0 Å². The summed E-state index contributed by atoms with van der Waals surface area (Å²) in [5.41, 5.74) is 0.590. The lowest BCUT2D eigenvalue weighted by molar-refractivity contribution is -0.393. The van der Waals surface area contributed by atoms with Gasteiger partial charge in [0.2, 0.25) is 0 Å². The molecule has 8 rings (SSSR count). The first-order chi connectivity index (χ1) is 31.1. The number of hydrogen-bond donors (Lipinski definition) is 11. The minimum absolute atomic E-state index is 0.0492. The molecule has 3 heterocycles. The largest absolute Gasteiger partial charge is 0.479 e. The van der Waals surface area contributed by atoms with Gasteiger partial charge in [0.1, 0.15) is 54.9 Å². The fourth-order valence-corrected chi connectivity index (χ4v) is 14.4. The number of carboxylic acids is 2. The van der Waals surface area contributed by atoms with Crippen molar-refractivity contribution >= 4 is 11.9 Å². The van der Waals surface area contributed by atoms with Gasteiger partial charge in [0.15, 0.2) is 31.1 Å². The van der Waals surface area contributed by atoms with Crippen molar-refractivity contribution in [3.63, 3.8) is 0 Å². The lowest BCUT2D eigenvalue weighted by atomic mass is 9.35. The second-order valence-electron chi connectivity index (χ2n) is 23.3. The van der Waals surface area contributed by atoms with Crippen LogP contribution in [0.3, 0.4) is 0 Å². The molecule has 24 atom stereocenters. The van der Waals surface area contributed by atoms with Crippen LogP contribution in [0.5, 0.6) is 0 Å². The number of hydrogen-bond acceptors (Lipinski definition) is 17. The van der Waals surface area contributed by atoms with Crippen molar-refractivity contribution in [1.82, 2.24) is 0 Å². The van der Waals surface area contributed by atoms with Gasteiger partial charge in [-0.1, -0.05) is 66.2 Å². The molecule has 0 unspecified atom stereocenters. The number of ether oxygens (including phenoxy) is 6. The van der Waals surface area contributed by atoms with Crippen LogP contribution in [0.4, 0.5) is 0 Å². The molecule has 0 aromatic heterocycles. The van der Waals surface area contributed by atoms with E-state index in [0.29, 0.717) is 19.3 Å². The number of rotatable bonds is 9. The van der Waals surface area contributed by atoms with Gasteiger partial charge in [-0.2, -0.15) is 0 Å². The van der Waals surface area contributed by atoms with Crippen molar-refractivity contribution in [2.24, 2.45) is 44.3 Å². The summed E-state index contributed by atoms with van der Waals surface area (Å²) in [6.45, 7) is 16.6. The van der Waals surface area contributed by atoms with E-state index in [4.69, 9.17) is 28.4 Å². The number of fused-ring (bicyclic) bond motifs is 6. The Morgan fingerprint density at radius 2 is 1.24 bits per heavy atom. The third-order valence-corrected chi connectivity index (χ3v) is 18.8. The zero-order chi connectivity index (χ0) is 49.3. The highest BCUT2D eigenvalue weighted by Gasteiger charge is 2.68. The molecule has 11 N–H and O–H groups in total. The number of aliphatic hydroxyl groups excluding tert-OH is 9. The third-order valence-electron chi connectivity index (χ3n) is 18.8. The number of carboxylic acid groups (broad SMARTS) is 2. The molecule has 3 saturated carbocycles. The van der Waals surface area contributed by atoms with Crippen molar-refractivity contribution in [3.05, 3.63) is 23.3 Å². The van der Waals surface area contributed by atoms with Crippen LogP contribution in [-0.2, 0) is 38.0 Å². The summed E-state index contributed by atoms with van der Waals surface area (Å²) < 4.78 is 35.6. The van der Waals surface area contributed by atoms with Gasteiger partial charge in [0, 0.05) is 10.8 Å². The van der Waals surface area contributed by atoms with Crippen molar-refractivity contribution in [2.75, 3.05) is 6.61 Å². The first-order valence-corrected chi connectivity index (χ1v) is 24.0. The molecular formula is C48H74O19. The Kier molecular flexibility index (Phi) is 13.4. The van der Waals surface area contributed by atoms with E-state index in [0.717, 1.165) is 32.1 Å². The SMILES string of the molecule is C[C@@H]1O[C@@H](O[C@@H]2[C@H](O[C@H]3[C@H](O[C@H]4CC[C@@]5(C)[C@H](CC[C@]6(C)[C@@H]5C=CC5=C7CC(C)(C)C[C@@H](O)[C@]7(C)CC[C@]56C)[C@]4(C)CO)O[C@H](C(=O)O)[C@@H](O)[C@H]3O)O[C@@H](C(=O)O)[C@@H](O)[C@H]2O)[C@H](O)[C@@H](O)[C@@H]1O. The van der Waals surface area contributed by atoms with Crippen LogP contribution >= 0.6 is 0 Å². The molecule has 0 radical (unpaired) electrons. The first kappa shape index (κ1) is 51.2.